The molecule has 0 bridgehead atoms. The molecule has 0 aliphatic carbocycles. The zero-order valence-corrected chi connectivity index (χ0v) is 18.5. The zero-order chi connectivity index (χ0) is 23.6. The number of likely N-dealkylation sites (tertiary alicyclic amines) is 2. The first-order valence-corrected chi connectivity index (χ1v) is 10.8. The molecule has 10 nitrogen and oxygen atoms in total. The molecule has 176 valence electrons. The Morgan fingerprint density at radius 3 is 2.53 bits per heavy atom. The highest BCUT2D eigenvalue weighted by molar-refractivity contribution is 5.87. The van der Waals surface area contributed by atoms with Crippen LogP contribution in [-0.2, 0) is 20.8 Å². The van der Waals surface area contributed by atoms with Crippen molar-refractivity contribution < 1.29 is 24.3 Å². The first-order chi connectivity index (χ1) is 15.3. The van der Waals surface area contributed by atoms with E-state index in [4.69, 9.17) is 15.6 Å². The molecule has 2 aliphatic rings. The number of piperidine rings is 2. The van der Waals surface area contributed by atoms with Gasteiger partial charge in [0.25, 0.3) is 6.47 Å². The van der Waals surface area contributed by atoms with Crippen molar-refractivity contribution in [3.8, 4) is 0 Å². The van der Waals surface area contributed by atoms with E-state index in [1.165, 1.54) is 5.56 Å². The molecule has 1 aromatic carbocycles. The largest absolute Gasteiger partial charge is 0.483 e. The highest BCUT2D eigenvalue weighted by Crippen LogP contribution is 2.42. The summed E-state index contributed by atoms with van der Waals surface area (Å²) in [6.45, 7) is 2.25. The second-order valence-electron chi connectivity index (χ2n) is 8.19. The van der Waals surface area contributed by atoms with E-state index >= 15 is 0 Å². The second-order valence-corrected chi connectivity index (χ2v) is 8.19. The quantitative estimate of drug-likeness (QED) is 0.453. The van der Waals surface area contributed by atoms with E-state index in [0.717, 1.165) is 32.2 Å². The number of likely N-dealkylation sites (N-methyl/N-ethyl adjacent to an activating group) is 1. The molecule has 3 rings (SSSR count). The molecule has 32 heavy (non-hydrogen) atoms. The van der Waals surface area contributed by atoms with Crippen LogP contribution in [0.15, 0.2) is 30.3 Å². The average Bonchev–Trinajstić information content (AvgIpc) is 2.78. The average molecular weight is 448 g/mol. The van der Waals surface area contributed by atoms with Crippen LogP contribution in [0, 0.1) is 5.41 Å². The molecule has 0 spiro atoms. The lowest BCUT2D eigenvalue weighted by Crippen LogP contribution is -2.67. The Kier molecular flexibility index (Phi) is 9.45. The Hall–Kier alpha value is -3.14. The van der Waals surface area contributed by atoms with Crippen molar-refractivity contribution in [3.63, 3.8) is 0 Å². The maximum absolute atomic E-state index is 13.3. The highest BCUT2D eigenvalue weighted by atomic mass is 16.3. The number of urea groups is 1. The molecule has 0 unspecified atom stereocenters. The fourth-order valence-electron chi connectivity index (χ4n) is 4.61. The molecule has 0 aromatic heterocycles. The minimum atomic E-state index is -0.721. The standard InChI is InChI=1S/C21H31N5O3.CH2O2/c1-25-13-10-21(19(28)23-11-8-16-6-3-2-4-7-16)9-5-12-26(17(21)15-25)18(27)14-24-20(22)29;2-1-3/h2-4,6-7,17H,5,8-15H2,1H3,(H,23,28)(H3,22,24,29);1H,(H,2,3)/t17-,21+;/m0./s1. The van der Waals surface area contributed by atoms with Crippen LogP contribution in [0.1, 0.15) is 24.8 Å². The first-order valence-electron chi connectivity index (χ1n) is 10.8. The molecule has 2 heterocycles. The second kappa shape index (κ2) is 12.0. The molecule has 1 aromatic rings. The summed E-state index contributed by atoms with van der Waals surface area (Å²) in [6.07, 6.45) is 3.04. The minimum Gasteiger partial charge on any atom is -0.483 e. The van der Waals surface area contributed by atoms with E-state index in [1.54, 1.807) is 4.90 Å². The molecule has 2 atom stereocenters. The molecular weight excluding hydrogens is 414 g/mol. The number of carbonyl (C=O) groups excluding carboxylic acids is 3. The summed E-state index contributed by atoms with van der Waals surface area (Å²) in [5, 5.41) is 12.4. The molecule has 2 fully saturated rings. The number of rotatable bonds is 6. The molecule has 5 N–H and O–H groups in total. The fraction of sp³-hybridized carbons (Fsp3) is 0.545. The van der Waals surface area contributed by atoms with Gasteiger partial charge in [0.05, 0.1) is 18.0 Å². The van der Waals surface area contributed by atoms with Gasteiger partial charge in [-0.1, -0.05) is 30.3 Å². The lowest BCUT2D eigenvalue weighted by Gasteiger charge is -2.53. The lowest BCUT2D eigenvalue weighted by molar-refractivity contribution is -0.153. The number of nitrogens with zero attached hydrogens (tertiary/aromatic N) is 2. The summed E-state index contributed by atoms with van der Waals surface area (Å²) in [6, 6.07) is 9.15. The SMILES string of the molecule is CN1CC[C@]2(C(=O)NCCc3ccccc3)CCCN(C(=O)CNC(N)=O)[C@H]2C1.O=CO. The smallest absolute Gasteiger partial charge is 0.312 e. The molecule has 4 amide bonds. The maximum atomic E-state index is 13.3. The van der Waals surface area contributed by atoms with Crippen molar-refractivity contribution in [3.05, 3.63) is 35.9 Å². The predicted molar refractivity (Wildman–Crippen MR) is 119 cm³/mol. The number of fused-ring (bicyclic) bond motifs is 1. The van der Waals surface area contributed by atoms with Gasteiger partial charge in [-0.05, 0) is 44.8 Å². The van der Waals surface area contributed by atoms with Gasteiger partial charge in [-0.25, -0.2) is 4.79 Å². The van der Waals surface area contributed by atoms with Crippen LogP contribution in [0.4, 0.5) is 4.79 Å². The van der Waals surface area contributed by atoms with Gasteiger partial charge in [0.15, 0.2) is 0 Å². The lowest BCUT2D eigenvalue weighted by atomic mass is 9.67. The van der Waals surface area contributed by atoms with E-state index in [0.29, 0.717) is 19.6 Å². The Labute approximate surface area is 188 Å². The molecule has 10 heteroatoms. The van der Waals surface area contributed by atoms with E-state index < -0.39 is 11.4 Å². The van der Waals surface area contributed by atoms with Crippen LogP contribution in [-0.4, -0.2) is 85.0 Å². The maximum Gasteiger partial charge on any atom is 0.312 e. The van der Waals surface area contributed by atoms with Gasteiger partial charge < -0.3 is 31.3 Å². The van der Waals surface area contributed by atoms with Gasteiger partial charge in [-0.15, -0.1) is 0 Å². The summed E-state index contributed by atoms with van der Waals surface area (Å²) in [7, 11) is 2.01. The number of benzene rings is 1. The van der Waals surface area contributed by atoms with Gasteiger partial charge in [0.2, 0.25) is 11.8 Å². The van der Waals surface area contributed by atoms with E-state index in [1.807, 2.05) is 25.2 Å². The number of nitrogens with two attached hydrogens (primary N) is 1. The van der Waals surface area contributed by atoms with Gasteiger partial charge in [0.1, 0.15) is 0 Å². The van der Waals surface area contributed by atoms with Crippen LogP contribution in [0.2, 0.25) is 0 Å². The Bertz CT molecular complexity index is 790. The zero-order valence-electron chi connectivity index (χ0n) is 18.5. The molecule has 0 radical (unpaired) electrons. The fourth-order valence-corrected chi connectivity index (χ4v) is 4.61. The van der Waals surface area contributed by atoms with Crippen LogP contribution < -0.4 is 16.4 Å². The minimum absolute atomic E-state index is 0.0342. The van der Waals surface area contributed by atoms with Gasteiger partial charge in [-0.2, -0.15) is 0 Å². The van der Waals surface area contributed by atoms with Crippen molar-refractivity contribution in [2.24, 2.45) is 11.1 Å². The van der Waals surface area contributed by atoms with Crippen LogP contribution in [0.25, 0.3) is 0 Å². The summed E-state index contributed by atoms with van der Waals surface area (Å²) in [5.41, 5.74) is 5.71. The molecule has 0 saturated carbocycles. The van der Waals surface area contributed by atoms with E-state index in [-0.39, 0.29) is 30.9 Å². The van der Waals surface area contributed by atoms with Crippen molar-refractivity contribution in [2.75, 3.05) is 39.8 Å². The number of amides is 4. The predicted octanol–water partition coefficient (Wildman–Crippen LogP) is 0.0273. The molecule has 2 aliphatic heterocycles. The normalized spacial score (nSPS) is 22.5. The summed E-state index contributed by atoms with van der Waals surface area (Å²) in [5.74, 6) is -0.155. The number of nitrogens with one attached hydrogen (secondary N) is 2. The number of carbonyl (C=O) groups is 4. The summed E-state index contributed by atoms with van der Waals surface area (Å²) in [4.78, 5) is 49.3. The number of carboxylic acid groups (broad SMARTS) is 1. The Morgan fingerprint density at radius 1 is 1.19 bits per heavy atom. The van der Waals surface area contributed by atoms with Crippen molar-refractivity contribution in [1.82, 2.24) is 20.4 Å². The Balaban J connectivity index is 0.00000114. The van der Waals surface area contributed by atoms with Gasteiger partial charge in [0, 0.05) is 19.6 Å². The van der Waals surface area contributed by atoms with Crippen LogP contribution >= 0.6 is 0 Å². The topological polar surface area (TPSA) is 145 Å². The Morgan fingerprint density at radius 2 is 1.88 bits per heavy atom. The van der Waals surface area contributed by atoms with Crippen LogP contribution in [0.5, 0.6) is 0 Å². The molecule has 2 saturated heterocycles. The van der Waals surface area contributed by atoms with E-state index in [9.17, 15) is 14.4 Å². The van der Waals surface area contributed by atoms with E-state index in [2.05, 4.69) is 27.7 Å². The van der Waals surface area contributed by atoms with Crippen molar-refractivity contribution in [2.45, 2.75) is 31.7 Å². The third-order valence-electron chi connectivity index (χ3n) is 6.19. The highest BCUT2D eigenvalue weighted by Gasteiger charge is 2.53. The van der Waals surface area contributed by atoms with Gasteiger partial charge in [-0.3, -0.25) is 14.4 Å². The van der Waals surface area contributed by atoms with Gasteiger partial charge >= 0.3 is 6.03 Å². The monoisotopic (exact) mass is 447 g/mol. The third kappa shape index (κ3) is 6.43. The first kappa shape index (κ1) is 25.1. The summed E-state index contributed by atoms with van der Waals surface area (Å²) >= 11 is 0. The van der Waals surface area contributed by atoms with Crippen molar-refractivity contribution >= 4 is 24.3 Å². The number of primary amides is 1. The number of hydrogen-bond acceptors (Lipinski definition) is 5. The van der Waals surface area contributed by atoms with Crippen molar-refractivity contribution in [1.29, 1.82) is 0 Å². The number of hydrogen-bond donors (Lipinski definition) is 4. The molecular formula is C22H33N5O5. The summed E-state index contributed by atoms with van der Waals surface area (Å²) < 4.78 is 0. The van der Waals surface area contributed by atoms with Crippen LogP contribution in [0.3, 0.4) is 0 Å². The third-order valence-corrected chi connectivity index (χ3v) is 6.19.